The van der Waals surface area contributed by atoms with Crippen molar-refractivity contribution in [1.82, 2.24) is 9.55 Å². The van der Waals surface area contributed by atoms with Crippen molar-refractivity contribution in [2.75, 3.05) is 12.3 Å². The molecule has 98 valence electrons. The third kappa shape index (κ3) is 2.27. The summed E-state index contributed by atoms with van der Waals surface area (Å²) < 4.78 is 14.4. The molecule has 0 amide bonds. The highest BCUT2D eigenvalue weighted by Crippen LogP contribution is 2.25. The molecule has 1 heterocycles. The number of aliphatic hydroxyl groups excluding tert-OH is 2. The van der Waals surface area contributed by atoms with Crippen LogP contribution in [0.5, 0.6) is 0 Å². The molecule has 0 saturated carbocycles. The van der Waals surface area contributed by atoms with E-state index in [-0.39, 0.29) is 18.9 Å². The van der Waals surface area contributed by atoms with E-state index in [4.69, 9.17) is 10.8 Å². The Labute approximate surface area is 102 Å². The fraction of sp³-hybridized carbons (Fsp3) is 0.455. The molecule has 18 heavy (non-hydrogen) atoms. The average molecular weight is 255 g/mol. The van der Waals surface area contributed by atoms with Crippen LogP contribution in [-0.4, -0.2) is 32.5 Å². The van der Waals surface area contributed by atoms with Crippen LogP contribution in [0.4, 0.5) is 10.2 Å². The molecular weight excluding hydrogens is 241 g/mol. The summed E-state index contributed by atoms with van der Waals surface area (Å²) >= 11 is 0. The SMILES string of the molecule is Nc1nc(=O)n(C2C=CC(CO)C(O)C2)cc1F. The van der Waals surface area contributed by atoms with Gasteiger partial charge in [-0.3, -0.25) is 4.57 Å². The summed E-state index contributed by atoms with van der Waals surface area (Å²) in [5, 5.41) is 18.7. The van der Waals surface area contributed by atoms with Crippen LogP contribution in [0.25, 0.3) is 0 Å². The molecule has 6 nitrogen and oxygen atoms in total. The molecule has 1 aliphatic carbocycles. The summed E-state index contributed by atoms with van der Waals surface area (Å²) in [4.78, 5) is 14.9. The minimum Gasteiger partial charge on any atom is -0.396 e. The first kappa shape index (κ1) is 12.7. The Hall–Kier alpha value is -1.73. The van der Waals surface area contributed by atoms with Crippen molar-refractivity contribution in [2.24, 2.45) is 5.92 Å². The van der Waals surface area contributed by atoms with Crippen LogP contribution in [0.3, 0.4) is 0 Å². The summed E-state index contributed by atoms with van der Waals surface area (Å²) in [5.74, 6) is -1.57. The van der Waals surface area contributed by atoms with Crippen LogP contribution in [0.2, 0.25) is 0 Å². The van der Waals surface area contributed by atoms with E-state index >= 15 is 0 Å². The van der Waals surface area contributed by atoms with Crippen LogP contribution in [-0.2, 0) is 0 Å². The first-order valence-corrected chi connectivity index (χ1v) is 5.54. The van der Waals surface area contributed by atoms with Crippen molar-refractivity contribution in [1.29, 1.82) is 0 Å². The lowest BCUT2D eigenvalue weighted by molar-refractivity contribution is 0.0692. The Morgan fingerprint density at radius 1 is 1.56 bits per heavy atom. The van der Waals surface area contributed by atoms with Gasteiger partial charge in [-0.05, 0) is 6.42 Å². The lowest BCUT2D eigenvalue weighted by Crippen LogP contribution is -2.34. The number of hydrogen-bond donors (Lipinski definition) is 3. The molecule has 0 saturated heterocycles. The number of aromatic nitrogens is 2. The fourth-order valence-electron chi connectivity index (χ4n) is 1.98. The Bertz CT molecular complexity index is 529. The number of nitrogens with zero attached hydrogens (tertiary/aromatic N) is 2. The van der Waals surface area contributed by atoms with Gasteiger partial charge in [-0.2, -0.15) is 4.98 Å². The molecule has 0 bridgehead atoms. The van der Waals surface area contributed by atoms with E-state index in [0.29, 0.717) is 0 Å². The monoisotopic (exact) mass is 255 g/mol. The highest BCUT2D eigenvalue weighted by Gasteiger charge is 2.26. The van der Waals surface area contributed by atoms with Crippen LogP contribution in [0.1, 0.15) is 12.5 Å². The Morgan fingerprint density at radius 2 is 2.28 bits per heavy atom. The van der Waals surface area contributed by atoms with Crippen LogP contribution < -0.4 is 11.4 Å². The van der Waals surface area contributed by atoms with E-state index in [2.05, 4.69) is 4.98 Å². The molecule has 1 aromatic heterocycles. The van der Waals surface area contributed by atoms with Gasteiger partial charge in [0.1, 0.15) is 0 Å². The molecule has 3 atom stereocenters. The van der Waals surface area contributed by atoms with Gasteiger partial charge in [0.15, 0.2) is 11.6 Å². The molecule has 7 heteroatoms. The Morgan fingerprint density at radius 3 is 2.89 bits per heavy atom. The second-order valence-corrected chi connectivity index (χ2v) is 4.27. The van der Waals surface area contributed by atoms with Gasteiger partial charge in [0, 0.05) is 12.1 Å². The number of anilines is 1. The standard InChI is InChI=1S/C11H14FN3O3/c12-8-4-15(11(18)14-10(8)13)7-2-1-6(5-16)9(17)3-7/h1-2,4,6-7,9,16-17H,3,5H2,(H2,13,14,18). The van der Waals surface area contributed by atoms with Gasteiger partial charge in [0.2, 0.25) is 0 Å². The number of rotatable bonds is 2. The van der Waals surface area contributed by atoms with Crippen molar-refractivity contribution < 1.29 is 14.6 Å². The third-order valence-corrected chi connectivity index (χ3v) is 3.06. The molecule has 0 aliphatic heterocycles. The smallest absolute Gasteiger partial charge is 0.350 e. The molecule has 0 spiro atoms. The zero-order valence-corrected chi connectivity index (χ0v) is 9.53. The summed E-state index contributed by atoms with van der Waals surface area (Å²) in [5.41, 5.74) is 4.52. The van der Waals surface area contributed by atoms with Crippen molar-refractivity contribution >= 4 is 5.82 Å². The van der Waals surface area contributed by atoms with E-state index < -0.39 is 29.5 Å². The molecule has 1 aliphatic rings. The normalized spacial score (nSPS) is 27.4. The first-order chi connectivity index (χ1) is 8.52. The van der Waals surface area contributed by atoms with Gasteiger partial charge < -0.3 is 15.9 Å². The van der Waals surface area contributed by atoms with E-state index in [9.17, 15) is 14.3 Å². The van der Waals surface area contributed by atoms with Crippen molar-refractivity contribution in [3.63, 3.8) is 0 Å². The highest BCUT2D eigenvalue weighted by molar-refractivity contribution is 5.26. The van der Waals surface area contributed by atoms with Gasteiger partial charge in [0.25, 0.3) is 0 Å². The third-order valence-electron chi connectivity index (χ3n) is 3.06. The van der Waals surface area contributed by atoms with Crippen molar-refractivity contribution in [3.05, 3.63) is 34.7 Å². The largest absolute Gasteiger partial charge is 0.396 e. The fourth-order valence-corrected chi connectivity index (χ4v) is 1.98. The molecule has 0 radical (unpaired) electrons. The van der Waals surface area contributed by atoms with Gasteiger partial charge in [-0.25, -0.2) is 9.18 Å². The molecule has 2 rings (SSSR count). The van der Waals surface area contributed by atoms with E-state index in [1.807, 2.05) is 0 Å². The first-order valence-electron chi connectivity index (χ1n) is 5.54. The number of allylic oxidation sites excluding steroid dienone is 1. The van der Waals surface area contributed by atoms with Gasteiger partial charge in [0.05, 0.1) is 18.8 Å². The zero-order chi connectivity index (χ0) is 13.3. The van der Waals surface area contributed by atoms with Crippen LogP contribution >= 0.6 is 0 Å². The summed E-state index contributed by atoms with van der Waals surface area (Å²) in [6.07, 6.45) is 3.67. The number of aliphatic hydroxyl groups is 2. The average Bonchev–Trinajstić information content (AvgIpc) is 2.33. The second kappa shape index (κ2) is 4.87. The molecule has 0 aromatic carbocycles. The zero-order valence-electron chi connectivity index (χ0n) is 9.53. The lowest BCUT2D eigenvalue weighted by atomic mass is 9.90. The van der Waals surface area contributed by atoms with Gasteiger partial charge in [-0.1, -0.05) is 12.2 Å². The lowest BCUT2D eigenvalue weighted by Gasteiger charge is -2.27. The quantitative estimate of drug-likeness (QED) is 0.615. The minimum atomic E-state index is -0.780. The maximum absolute atomic E-state index is 13.3. The van der Waals surface area contributed by atoms with Gasteiger partial charge >= 0.3 is 5.69 Å². The molecular formula is C11H14FN3O3. The maximum Gasteiger partial charge on any atom is 0.350 e. The number of hydrogen-bond acceptors (Lipinski definition) is 5. The van der Waals surface area contributed by atoms with E-state index in [0.717, 1.165) is 10.8 Å². The van der Waals surface area contributed by atoms with Crippen LogP contribution in [0.15, 0.2) is 23.1 Å². The number of nitrogens with two attached hydrogens (primary N) is 1. The molecule has 3 unspecified atom stereocenters. The topological polar surface area (TPSA) is 101 Å². The molecule has 1 aromatic rings. The van der Waals surface area contributed by atoms with Crippen LogP contribution in [0, 0.1) is 11.7 Å². The number of halogens is 1. The van der Waals surface area contributed by atoms with Gasteiger partial charge in [-0.15, -0.1) is 0 Å². The molecule has 0 fully saturated rings. The molecule has 4 N–H and O–H groups in total. The van der Waals surface area contributed by atoms with E-state index in [1.54, 1.807) is 12.2 Å². The van der Waals surface area contributed by atoms with Crippen molar-refractivity contribution in [3.8, 4) is 0 Å². The summed E-state index contributed by atoms with van der Waals surface area (Å²) in [6.45, 7) is -0.173. The summed E-state index contributed by atoms with van der Waals surface area (Å²) in [6, 6.07) is -0.488. The summed E-state index contributed by atoms with van der Waals surface area (Å²) in [7, 11) is 0. The maximum atomic E-state index is 13.3. The van der Waals surface area contributed by atoms with Crippen molar-refractivity contribution in [2.45, 2.75) is 18.6 Å². The minimum absolute atomic E-state index is 0.173. The second-order valence-electron chi connectivity index (χ2n) is 4.27. The Balaban J connectivity index is 2.34. The number of nitrogen functional groups attached to an aromatic ring is 1. The predicted molar refractivity (Wildman–Crippen MR) is 62.2 cm³/mol. The Kier molecular flexibility index (Phi) is 3.44. The highest BCUT2D eigenvalue weighted by atomic mass is 19.1. The predicted octanol–water partition coefficient (Wildman–Crippen LogP) is -0.565. The van der Waals surface area contributed by atoms with E-state index in [1.165, 1.54) is 0 Å².